The average Bonchev–Trinajstić information content (AvgIpc) is 2.35. The molecule has 1 N–H and O–H groups in total. The molecule has 1 fully saturated rings. The first-order chi connectivity index (χ1) is 9.58. The van der Waals surface area contributed by atoms with Gasteiger partial charge in [0.25, 0.3) is 0 Å². The van der Waals surface area contributed by atoms with Crippen molar-refractivity contribution >= 4 is 5.97 Å². The highest BCUT2D eigenvalue weighted by Gasteiger charge is 2.42. The van der Waals surface area contributed by atoms with E-state index in [9.17, 15) is 9.90 Å². The number of hydrogen-bond acceptors (Lipinski definition) is 2. The number of benzene rings is 1. The van der Waals surface area contributed by atoms with E-state index < -0.39 is 12.0 Å². The maximum Gasteiger partial charge on any atom is 0.325 e. The summed E-state index contributed by atoms with van der Waals surface area (Å²) >= 11 is 0. The molecular weight excluding hydrogens is 250 g/mol. The van der Waals surface area contributed by atoms with Crippen LogP contribution in [0.3, 0.4) is 0 Å². The predicted molar refractivity (Wildman–Crippen MR) is 78.6 cm³/mol. The standard InChI is InChI=1S/C17H23NO2/c1-11(2)13-9-14(10-13)18-8-7-12-5-3-4-6-15(12)16(18)17(19)20/h3-6,11,13-14,16H,7-10H2,1-2H3,(H,19,20). The van der Waals surface area contributed by atoms with Crippen LogP contribution >= 0.6 is 0 Å². The van der Waals surface area contributed by atoms with Crippen LogP contribution in [0, 0.1) is 11.8 Å². The molecule has 1 aromatic rings. The van der Waals surface area contributed by atoms with E-state index in [2.05, 4.69) is 24.8 Å². The Bertz CT molecular complexity index is 505. The zero-order chi connectivity index (χ0) is 14.3. The summed E-state index contributed by atoms with van der Waals surface area (Å²) in [7, 11) is 0. The van der Waals surface area contributed by atoms with Crippen LogP contribution in [0.25, 0.3) is 0 Å². The first-order valence-electron chi connectivity index (χ1n) is 7.64. The normalized spacial score (nSPS) is 29.9. The van der Waals surface area contributed by atoms with Crippen LogP contribution in [0.15, 0.2) is 24.3 Å². The quantitative estimate of drug-likeness (QED) is 0.920. The molecular formula is C17H23NO2. The fourth-order valence-electron chi connectivity index (χ4n) is 3.70. The lowest BCUT2D eigenvalue weighted by Gasteiger charge is -2.48. The van der Waals surface area contributed by atoms with Crippen LogP contribution in [0.5, 0.6) is 0 Å². The number of carboxylic acid groups (broad SMARTS) is 1. The molecule has 1 aromatic carbocycles. The first kappa shape index (κ1) is 13.6. The van der Waals surface area contributed by atoms with Gasteiger partial charge >= 0.3 is 5.97 Å². The highest BCUT2D eigenvalue weighted by molar-refractivity contribution is 5.76. The van der Waals surface area contributed by atoms with Crippen molar-refractivity contribution in [2.75, 3.05) is 6.54 Å². The molecule has 3 rings (SSSR count). The van der Waals surface area contributed by atoms with Crippen LogP contribution in [-0.4, -0.2) is 28.6 Å². The van der Waals surface area contributed by atoms with E-state index in [-0.39, 0.29) is 0 Å². The fourth-order valence-corrected chi connectivity index (χ4v) is 3.70. The minimum absolute atomic E-state index is 0.446. The summed E-state index contributed by atoms with van der Waals surface area (Å²) in [5.41, 5.74) is 2.20. The van der Waals surface area contributed by atoms with Crippen molar-refractivity contribution in [2.24, 2.45) is 11.8 Å². The number of aliphatic carboxylic acids is 1. The number of rotatable bonds is 3. The number of carboxylic acids is 1. The van der Waals surface area contributed by atoms with E-state index in [1.165, 1.54) is 5.56 Å². The molecule has 0 aromatic heterocycles. The smallest absolute Gasteiger partial charge is 0.325 e. The SMILES string of the molecule is CC(C)C1CC(N2CCc3ccccc3C2C(=O)O)C1. The highest BCUT2D eigenvalue weighted by Crippen LogP contribution is 2.42. The molecule has 1 heterocycles. The molecule has 3 nitrogen and oxygen atoms in total. The van der Waals surface area contributed by atoms with E-state index in [4.69, 9.17) is 0 Å². The van der Waals surface area contributed by atoms with Gasteiger partial charge in [-0.15, -0.1) is 0 Å². The van der Waals surface area contributed by atoms with E-state index in [1.807, 2.05) is 18.2 Å². The lowest BCUT2D eigenvalue weighted by molar-refractivity contribution is -0.147. The fraction of sp³-hybridized carbons (Fsp3) is 0.588. The molecule has 2 aliphatic rings. The second-order valence-electron chi connectivity index (χ2n) is 6.56. The third-order valence-electron chi connectivity index (χ3n) is 5.12. The number of nitrogens with zero attached hydrogens (tertiary/aromatic N) is 1. The summed E-state index contributed by atoms with van der Waals surface area (Å²) in [6.45, 7) is 5.41. The molecule has 108 valence electrons. The van der Waals surface area contributed by atoms with Crippen LogP contribution in [0.4, 0.5) is 0 Å². The molecule has 1 atom stereocenters. The van der Waals surface area contributed by atoms with Gasteiger partial charge in [-0.05, 0) is 42.2 Å². The van der Waals surface area contributed by atoms with Crippen LogP contribution in [-0.2, 0) is 11.2 Å². The van der Waals surface area contributed by atoms with Crippen molar-refractivity contribution in [3.05, 3.63) is 35.4 Å². The lowest BCUT2D eigenvalue weighted by atomic mass is 9.72. The summed E-state index contributed by atoms with van der Waals surface area (Å²) < 4.78 is 0. The van der Waals surface area contributed by atoms with Crippen LogP contribution in [0.2, 0.25) is 0 Å². The predicted octanol–water partition coefficient (Wildman–Crippen LogP) is 3.11. The minimum atomic E-state index is -0.704. The summed E-state index contributed by atoms with van der Waals surface area (Å²) in [6, 6.07) is 8.02. The van der Waals surface area contributed by atoms with Gasteiger partial charge in [-0.1, -0.05) is 38.1 Å². The number of carbonyl (C=O) groups is 1. The van der Waals surface area contributed by atoms with E-state index in [0.717, 1.165) is 37.3 Å². The summed E-state index contributed by atoms with van der Waals surface area (Å²) in [5.74, 6) is 0.781. The topological polar surface area (TPSA) is 40.5 Å². The second kappa shape index (κ2) is 5.21. The molecule has 1 unspecified atom stereocenters. The summed E-state index contributed by atoms with van der Waals surface area (Å²) in [5, 5.41) is 9.66. The third-order valence-corrected chi connectivity index (χ3v) is 5.12. The van der Waals surface area contributed by atoms with Gasteiger partial charge in [0.05, 0.1) is 0 Å². The Morgan fingerprint density at radius 2 is 2.00 bits per heavy atom. The van der Waals surface area contributed by atoms with Crippen molar-refractivity contribution in [3.8, 4) is 0 Å². The van der Waals surface area contributed by atoms with Gasteiger partial charge in [0, 0.05) is 12.6 Å². The lowest BCUT2D eigenvalue weighted by Crippen LogP contribution is -2.52. The Labute approximate surface area is 120 Å². The Morgan fingerprint density at radius 1 is 1.30 bits per heavy atom. The molecule has 20 heavy (non-hydrogen) atoms. The molecule has 0 saturated heterocycles. The van der Waals surface area contributed by atoms with Gasteiger partial charge in [-0.2, -0.15) is 0 Å². The van der Waals surface area contributed by atoms with Crippen molar-refractivity contribution in [1.29, 1.82) is 0 Å². The Morgan fingerprint density at radius 3 is 2.65 bits per heavy atom. The van der Waals surface area contributed by atoms with Gasteiger partial charge in [-0.3, -0.25) is 9.69 Å². The van der Waals surface area contributed by atoms with E-state index >= 15 is 0 Å². The van der Waals surface area contributed by atoms with E-state index in [1.54, 1.807) is 0 Å². The monoisotopic (exact) mass is 273 g/mol. The van der Waals surface area contributed by atoms with E-state index in [0.29, 0.717) is 12.0 Å². The van der Waals surface area contributed by atoms with Crippen molar-refractivity contribution in [3.63, 3.8) is 0 Å². The second-order valence-corrected chi connectivity index (χ2v) is 6.56. The van der Waals surface area contributed by atoms with Crippen molar-refractivity contribution in [1.82, 2.24) is 4.90 Å². The van der Waals surface area contributed by atoms with Gasteiger partial charge < -0.3 is 5.11 Å². The number of fused-ring (bicyclic) bond motifs is 1. The van der Waals surface area contributed by atoms with Gasteiger partial charge in [0.1, 0.15) is 6.04 Å². The van der Waals surface area contributed by atoms with Crippen LogP contribution < -0.4 is 0 Å². The molecule has 0 bridgehead atoms. The molecule has 3 heteroatoms. The van der Waals surface area contributed by atoms with Gasteiger partial charge in [0.2, 0.25) is 0 Å². The molecule has 0 spiro atoms. The maximum atomic E-state index is 11.7. The summed E-state index contributed by atoms with van der Waals surface area (Å²) in [4.78, 5) is 14.0. The Balaban J connectivity index is 1.81. The molecule has 1 saturated carbocycles. The first-order valence-corrected chi connectivity index (χ1v) is 7.64. The Hall–Kier alpha value is -1.35. The molecule has 1 aliphatic heterocycles. The van der Waals surface area contributed by atoms with Crippen LogP contribution in [0.1, 0.15) is 43.9 Å². The molecule has 1 aliphatic carbocycles. The molecule has 0 radical (unpaired) electrons. The van der Waals surface area contributed by atoms with Gasteiger partial charge in [0.15, 0.2) is 0 Å². The van der Waals surface area contributed by atoms with Crippen molar-refractivity contribution < 1.29 is 9.90 Å². The number of hydrogen-bond donors (Lipinski definition) is 1. The van der Waals surface area contributed by atoms with Crippen molar-refractivity contribution in [2.45, 2.75) is 45.2 Å². The Kier molecular flexibility index (Phi) is 3.55. The van der Waals surface area contributed by atoms with Gasteiger partial charge in [-0.25, -0.2) is 0 Å². The zero-order valence-electron chi connectivity index (χ0n) is 12.2. The summed E-state index contributed by atoms with van der Waals surface area (Å²) in [6.07, 6.45) is 3.29. The molecule has 0 amide bonds. The largest absolute Gasteiger partial charge is 0.480 e. The average molecular weight is 273 g/mol. The zero-order valence-corrected chi connectivity index (χ0v) is 12.2. The minimum Gasteiger partial charge on any atom is -0.480 e. The third kappa shape index (κ3) is 2.24. The maximum absolute atomic E-state index is 11.7. The highest BCUT2D eigenvalue weighted by atomic mass is 16.4.